The highest BCUT2D eigenvalue weighted by molar-refractivity contribution is 5.33. The lowest BCUT2D eigenvalue weighted by Crippen LogP contribution is -2.04. The lowest BCUT2D eigenvalue weighted by molar-refractivity contribution is 0.305. The molecular weight excluding hydrogens is 290 g/mol. The van der Waals surface area contributed by atoms with Crippen molar-refractivity contribution in [2.24, 2.45) is 0 Å². The normalized spacial score (nSPS) is 11.3. The van der Waals surface area contributed by atoms with Crippen LogP contribution in [0.5, 0.6) is 17.2 Å². The number of hydrogen-bond donors (Lipinski definition) is 0. The molecule has 4 heteroatoms. The average molecular weight is 311 g/mol. The maximum Gasteiger partial charge on any atom is 0.119 e. The monoisotopic (exact) mass is 311 g/mol. The van der Waals surface area contributed by atoms with Crippen LogP contribution in [0.1, 0.15) is 24.8 Å². The van der Waals surface area contributed by atoms with Gasteiger partial charge in [-0.3, -0.25) is 0 Å². The second-order valence-electron chi connectivity index (χ2n) is 5.00. The van der Waals surface area contributed by atoms with E-state index in [1.165, 1.54) is 0 Å². The smallest absolute Gasteiger partial charge is 0.119 e. The third kappa shape index (κ3) is 4.93. The molecule has 0 aromatic heterocycles. The van der Waals surface area contributed by atoms with E-state index in [2.05, 4.69) is 6.07 Å². The van der Waals surface area contributed by atoms with Crippen molar-refractivity contribution in [3.63, 3.8) is 0 Å². The summed E-state index contributed by atoms with van der Waals surface area (Å²) in [6.07, 6.45) is 0.635. The topological polar surface area (TPSA) is 51.5 Å². The molecule has 0 amide bonds. The number of nitrogens with zero attached hydrogens (tertiary/aromatic N) is 1. The van der Waals surface area contributed by atoms with Crippen LogP contribution in [-0.4, -0.2) is 20.3 Å². The third-order valence-corrected chi connectivity index (χ3v) is 3.48. The molecule has 2 aromatic rings. The van der Waals surface area contributed by atoms with E-state index in [4.69, 9.17) is 14.2 Å². The van der Waals surface area contributed by atoms with Gasteiger partial charge in [0.1, 0.15) is 17.2 Å². The summed E-state index contributed by atoms with van der Waals surface area (Å²) < 4.78 is 16.2. The van der Waals surface area contributed by atoms with E-state index in [1.54, 1.807) is 7.11 Å². The summed E-state index contributed by atoms with van der Waals surface area (Å²) in [6.45, 7) is 3.07. The minimum atomic E-state index is -0.191. The number of ether oxygens (including phenoxy) is 3. The van der Waals surface area contributed by atoms with Crippen molar-refractivity contribution in [3.8, 4) is 23.3 Å². The Morgan fingerprint density at radius 3 is 2.04 bits per heavy atom. The summed E-state index contributed by atoms with van der Waals surface area (Å²) in [7, 11) is 1.63. The predicted molar refractivity (Wildman–Crippen MR) is 89.1 cm³/mol. The Morgan fingerprint density at radius 2 is 1.48 bits per heavy atom. The van der Waals surface area contributed by atoms with Gasteiger partial charge in [-0.05, 0) is 48.9 Å². The summed E-state index contributed by atoms with van der Waals surface area (Å²) in [6, 6.07) is 17.4. The van der Waals surface area contributed by atoms with Crippen LogP contribution < -0.4 is 14.2 Å². The van der Waals surface area contributed by atoms with Crippen LogP contribution in [0.3, 0.4) is 0 Å². The first kappa shape index (κ1) is 16.7. The second kappa shape index (κ2) is 8.70. The highest BCUT2D eigenvalue weighted by Gasteiger charge is 2.11. The number of hydrogen-bond acceptors (Lipinski definition) is 4. The van der Waals surface area contributed by atoms with Gasteiger partial charge in [-0.1, -0.05) is 12.1 Å². The Bertz CT molecular complexity index is 629. The molecule has 0 saturated heterocycles. The summed E-state index contributed by atoms with van der Waals surface area (Å²) in [5.41, 5.74) is 0.981. The highest BCUT2D eigenvalue weighted by Crippen LogP contribution is 2.23. The molecule has 0 heterocycles. The summed E-state index contributed by atoms with van der Waals surface area (Å²) in [5, 5.41) is 9.36. The molecule has 0 aliphatic rings. The van der Waals surface area contributed by atoms with Crippen LogP contribution in [0.4, 0.5) is 0 Å². The van der Waals surface area contributed by atoms with E-state index in [9.17, 15) is 5.26 Å². The van der Waals surface area contributed by atoms with Crippen molar-refractivity contribution in [2.75, 3.05) is 20.3 Å². The van der Waals surface area contributed by atoms with Gasteiger partial charge >= 0.3 is 0 Å². The molecule has 0 fully saturated rings. The van der Waals surface area contributed by atoms with E-state index < -0.39 is 0 Å². The van der Waals surface area contributed by atoms with Gasteiger partial charge in [0, 0.05) is 6.42 Å². The number of rotatable bonds is 8. The van der Waals surface area contributed by atoms with Gasteiger partial charge in [0.05, 0.1) is 32.3 Å². The number of methoxy groups -OCH3 is 1. The van der Waals surface area contributed by atoms with Gasteiger partial charge < -0.3 is 14.2 Å². The Kier molecular flexibility index (Phi) is 6.31. The van der Waals surface area contributed by atoms with Gasteiger partial charge in [-0.15, -0.1) is 0 Å². The lowest BCUT2D eigenvalue weighted by Gasteiger charge is -2.12. The first-order chi connectivity index (χ1) is 11.3. The fraction of sp³-hybridized carbons (Fsp3) is 0.316. The minimum absolute atomic E-state index is 0.191. The quantitative estimate of drug-likeness (QED) is 0.734. The molecule has 120 valence electrons. The largest absolute Gasteiger partial charge is 0.497 e. The first-order valence-corrected chi connectivity index (χ1v) is 7.66. The molecule has 4 nitrogen and oxygen atoms in total. The molecule has 0 aliphatic carbocycles. The van der Waals surface area contributed by atoms with Gasteiger partial charge in [0.2, 0.25) is 0 Å². The van der Waals surface area contributed by atoms with Crippen molar-refractivity contribution in [3.05, 3.63) is 54.1 Å². The molecule has 2 rings (SSSR count). The van der Waals surface area contributed by atoms with Crippen molar-refractivity contribution >= 4 is 0 Å². The van der Waals surface area contributed by atoms with Crippen molar-refractivity contribution in [1.29, 1.82) is 5.26 Å². The Morgan fingerprint density at radius 1 is 0.913 bits per heavy atom. The standard InChI is InChI=1S/C19H21NO3/c1-3-22-18-6-4-15(5-7-18)16(14-20)12-13-23-19-10-8-17(21-2)9-11-19/h4-11,16H,3,12-13H2,1-2H3. The molecule has 0 saturated carbocycles. The zero-order valence-electron chi connectivity index (χ0n) is 13.5. The predicted octanol–water partition coefficient (Wildman–Crippen LogP) is 4.17. The maximum absolute atomic E-state index is 9.36. The maximum atomic E-state index is 9.36. The number of benzene rings is 2. The Hall–Kier alpha value is -2.67. The Labute approximate surface area is 137 Å². The van der Waals surface area contributed by atoms with Gasteiger partial charge in [0.15, 0.2) is 0 Å². The van der Waals surface area contributed by atoms with Crippen LogP contribution in [0, 0.1) is 11.3 Å². The SMILES string of the molecule is CCOc1ccc(C(C#N)CCOc2ccc(OC)cc2)cc1. The minimum Gasteiger partial charge on any atom is -0.497 e. The van der Waals surface area contributed by atoms with E-state index in [0.717, 1.165) is 22.8 Å². The molecule has 1 unspecified atom stereocenters. The zero-order chi connectivity index (χ0) is 16.5. The fourth-order valence-electron chi connectivity index (χ4n) is 2.24. The molecule has 0 spiro atoms. The molecule has 1 atom stereocenters. The van der Waals surface area contributed by atoms with E-state index in [-0.39, 0.29) is 5.92 Å². The lowest BCUT2D eigenvalue weighted by atomic mass is 9.97. The highest BCUT2D eigenvalue weighted by atomic mass is 16.5. The van der Waals surface area contributed by atoms with Crippen LogP contribution in [0.2, 0.25) is 0 Å². The van der Waals surface area contributed by atoms with Crippen LogP contribution in [-0.2, 0) is 0 Å². The number of nitriles is 1. The van der Waals surface area contributed by atoms with Gasteiger partial charge in [0.25, 0.3) is 0 Å². The third-order valence-electron chi connectivity index (χ3n) is 3.48. The van der Waals surface area contributed by atoms with E-state index in [1.807, 2.05) is 55.5 Å². The molecule has 0 bridgehead atoms. The van der Waals surface area contributed by atoms with Gasteiger partial charge in [-0.2, -0.15) is 5.26 Å². The van der Waals surface area contributed by atoms with Crippen molar-refractivity contribution < 1.29 is 14.2 Å². The van der Waals surface area contributed by atoms with Crippen molar-refractivity contribution in [1.82, 2.24) is 0 Å². The molecule has 2 aromatic carbocycles. The fourth-order valence-corrected chi connectivity index (χ4v) is 2.24. The van der Waals surface area contributed by atoms with E-state index in [0.29, 0.717) is 19.6 Å². The summed E-state index contributed by atoms with van der Waals surface area (Å²) in [5.74, 6) is 2.20. The first-order valence-electron chi connectivity index (χ1n) is 7.66. The Balaban J connectivity index is 1.87. The van der Waals surface area contributed by atoms with Crippen LogP contribution in [0.15, 0.2) is 48.5 Å². The summed E-state index contributed by atoms with van der Waals surface area (Å²) in [4.78, 5) is 0. The van der Waals surface area contributed by atoms with Crippen LogP contribution >= 0.6 is 0 Å². The average Bonchev–Trinajstić information content (AvgIpc) is 2.60. The zero-order valence-corrected chi connectivity index (χ0v) is 13.5. The molecule has 0 N–H and O–H groups in total. The van der Waals surface area contributed by atoms with Gasteiger partial charge in [-0.25, -0.2) is 0 Å². The molecule has 0 aliphatic heterocycles. The van der Waals surface area contributed by atoms with Crippen molar-refractivity contribution in [2.45, 2.75) is 19.3 Å². The molecule has 23 heavy (non-hydrogen) atoms. The molecular formula is C19H21NO3. The van der Waals surface area contributed by atoms with E-state index >= 15 is 0 Å². The molecule has 0 radical (unpaired) electrons. The van der Waals surface area contributed by atoms with Crippen LogP contribution in [0.25, 0.3) is 0 Å². The summed E-state index contributed by atoms with van der Waals surface area (Å²) >= 11 is 0. The second-order valence-corrected chi connectivity index (χ2v) is 5.00.